The van der Waals surface area contributed by atoms with Gasteiger partial charge in [0.15, 0.2) is 0 Å². The molecule has 0 aromatic rings. The summed E-state index contributed by atoms with van der Waals surface area (Å²) in [5, 5.41) is 3.14. The van der Waals surface area contributed by atoms with Crippen LogP contribution in [0, 0.1) is 23.7 Å². The molecule has 102 valence electrons. The van der Waals surface area contributed by atoms with Gasteiger partial charge in [-0.1, -0.05) is 19.1 Å². The third kappa shape index (κ3) is 1.74. The first kappa shape index (κ1) is 12.2. The predicted molar refractivity (Wildman–Crippen MR) is 64.3 cm³/mol. The van der Waals surface area contributed by atoms with Gasteiger partial charge in [-0.05, 0) is 24.7 Å². The van der Waals surface area contributed by atoms with Crippen LogP contribution in [0.3, 0.4) is 0 Å². The minimum atomic E-state index is -0.746. The molecular formula is C13H16N2O4. The number of amides is 3. The molecule has 0 radical (unpaired) electrons. The van der Waals surface area contributed by atoms with E-state index in [9.17, 15) is 14.4 Å². The van der Waals surface area contributed by atoms with Gasteiger partial charge in [-0.2, -0.15) is 0 Å². The van der Waals surface area contributed by atoms with Gasteiger partial charge in [-0.15, -0.1) is 5.06 Å². The standard InChI is InChI=1S/C13H16N2O4/c1-2-5-14-13(18)19-15-11(16)9-7-3-4-8(6-7)10(9)12(15)17/h3-4,7-10H,2,5-6H2,1H3,(H,14,18)/t7-,8+,9-,10-/m0/s1. The molecule has 2 bridgehead atoms. The molecule has 6 nitrogen and oxygen atoms in total. The number of nitrogens with zero attached hydrogens (tertiary/aromatic N) is 1. The molecule has 0 aromatic heterocycles. The van der Waals surface area contributed by atoms with Crippen LogP contribution < -0.4 is 5.32 Å². The minimum Gasteiger partial charge on any atom is -0.320 e. The van der Waals surface area contributed by atoms with E-state index in [4.69, 9.17) is 4.84 Å². The molecule has 0 aromatic carbocycles. The number of hydrogen-bond acceptors (Lipinski definition) is 4. The molecule has 6 heteroatoms. The van der Waals surface area contributed by atoms with Crippen LogP contribution in [0.1, 0.15) is 19.8 Å². The van der Waals surface area contributed by atoms with Gasteiger partial charge in [-0.3, -0.25) is 9.59 Å². The molecule has 1 heterocycles. The fourth-order valence-electron chi connectivity index (χ4n) is 3.31. The van der Waals surface area contributed by atoms with E-state index in [1.54, 1.807) is 0 Å². The van der Waals surface area contributed by atoms with Crippen molar-refractivity contribution in [1.29, 1.82) is 0 Å². The molecule has 1 saturated carbocycles. The first-order valence-electron chi connectivity index (χ1n) is 6.65. The summed E-state index contributed by atoms with van der Waals surface area (Å²) in [5.74, 6) is -1.17. The third-order valence-electron chi connectivity index (χ3n) is 4.12. The Hall–Kier alpha value is -1.85. The molecule has 19 heavy (non-hydrogen) atoms. The van der Waals surface area contributed by atoms with E-state index in [-0.39, 0.29) is 35.5 Å². The molecule has 1 aliphatic heterocycles. The van der Waals surface area contributed by atoms with Gasteiger partial charge in [0.05, 0.1) is 11.8 Å². The van der Waals surface area contributed by atoms with E-state index in [0.717, 1.165) is 12.8 Å². The largest absolute Gasteiger partial charge is 0.432 e. The molecule has 2 aliphatic carbocycles. The number of carbonyl (C=O) groups is 3. The Morgan fingerprint density at radius 1 is 1.32 bits per heavy atom. The molecule has 3 rings (SSSR count). The lowest BCUT2D eigenvalue weighted by Gasteiger charge is -2.15. The third-order valence-corrected chi connectivity index (χ3v) is 4.12. The maximum Gasteiger partial charge on any atom is 0.432 e. The van der Waals surface area contributed by atoms with Crippen LogP contribution in [0.5, 0.6) is 0 Å². The smallest absolute Gasteiger partial charge is 0.320 e. The molecule has 3 aliphatic rings. The number of imide groups is 1. The van der Waals surface area contributed by atoms with E-state index < -0.39 is 6.09 Å². The number of carbonyl (C=O) groups excluding carboxylic acids is 3. The zero-order valence-electron chi connectivity index (χ0n) is 10.7. The van der Waals surface area contributed by atoms with Crippen molar-refractivity contribution >= 4 is 17.9 Å². The van der Waals surface area contributed by atoms with Crippen molar-refractivity contribution in [3.05, 3.63) is 12.2 Å². The van der Waals surface area contributed by atoms with Crippen LogP contribution in [0.2, 0.25) is 0 Å². The van der Waals surface area contributed by atoms with E-state index in [1.807, 2.05) is 19.1 Å². The molecule has 0 unspecified atom stereocenters. The number of rotatable bonds is 3. The Bertz CT molecular complexity index is 443. The monoisotopic (exact) mass is 264 g/mol. The maximum atomic E-state index is 12.2. The molecule has 3 amide bonds. The number of allylic oxidation sites excluding steroid dienone is 2. The Morgan fingerprint density at radius 3 is 2.42 bits per heavy atom. The van der Waals surface area contributed by atoms with Crippen LogP contribution in [-0.2, 0) is 14.4 Å². The van der Waals surface area contributed by atoms with Crippen LogP contribution in [0.25, 0.3) is 0 Å². The summed E-state index contributed by atoms with van der Waals surface area (Å²) in [6, 6.07) is 0. The Labute approximate surface area is 110 Å². The summed E-state index contributed by atoms with van der Waals surface area (Å²) in [5.41, 5.74) is 0. The van der Waals surface area contributed by atoms with Crippen molar-refractivity contribution in [1.82, 2.24) is 10.4 Å². The number of hydroxylamine groups is 2. The van der Waals surface area contributed by atoms with E-state index >= 15 is 0 Å². The lowest BCUT2D eigenvalue weighted by Crippen LogP contribution is -2.39. The summed E-state index contributed by atoms with van der Waals surface area (Å²) in [6.45, 7) is 2.36. The van der Waals surface area contributed by atoms with Crippen molar-refractivity contribution in [3.8, 4) is 0 Å². The quantitative estimate of drug-likeness (QED) is 0.605. The van der Waals surface area contributed by atoms with E-state index in [2.05, 4.69) is 5.32 Å². The average Bonchev–Trinajstić information content (AvgIpc) is 3.06. The number of fused-ring (bicyclic) bond motifs is 5. The summed E-state index contributed by atoms with van der Waals surface area (Å²) >= 11 is 0. The SMILES string of the molecule is CCCNC(=O)ON1C(=O)[C@@H]2[C@@H](C1=O)[C@H]1C=C[C@@H]2C1. The minimum absolute atomic E-state index is 0.124. The second-order valence-electron chi connectivity index (χ2n) is 5.28. The summed E-state index contributed by atoms with van der Waals surface area (Å²) in [7, 11) is 0. The van der Waals surface area contributed by atoms with Gasteiger partial charge < -0.3 is 10.2 Å². The van der Waals surface area contributed by atoms with Crippen molar-refractivity contribution < 1.29 is 19.2 Å². The Morgan fingerprint density at radius 2 is 1.89 bits per heavy atom. The molecule has 1 saturated heterocycles. The fourth-order valence-corrected chi connectivity index (χ4v) is 3.31. The van der Waals surface area contributed by atoms with E-state index in [1.165, 1.54) is 0 Å². The van der Waals surface area contributed by atoms with Crippen molar-refractivity contribution in [2.75, 3.05) is 6.54 Å². The fraction of sp³-hybridized carbons (Fsp3) is 0.615. The lowest BCUT2D eigenvalue weighted by molar-refractivity contribution is -0.174. The topological polar surface area (TPSA) is 75.7 Å². The molecule has 2 fully saturated rings. The maximum absolute atomic E-state index is 12.2. The molecule has 0 spiro atoms. The first-order valence-corrected chi connectivity index (χ1v) is 6.65. The highest BCUT2D eigenvalue weighted by Gasteiger charge is 2.60. The highest BCUT2D eigenvalue weighted by atomic mass is 16.7. The normalized spacial score (nSPS) is 34.9. The lowest BCUT2D eigenvalue weighted by atomic mass is 9.85. The van der Waals surface area contributed by atoms with Crippen LogP contribution >= 0.6 is 0 Å². The van der Waals surface area contributed by atoms with Crippen molar-refractivity contribution in [2.45, 2.75) is 19.8 Å². The average molecular weight is 264 g/mol. The van der Waals surface area contributed by atoms with Gasteiger partial charge in [0, 0.05) is 6.54 Å². The molecule has 4 atom stereocenters. The zero-order chi connectivity index (χ0) is 13.6. The van der Waals surface area contributed by atoms with Gasteiger partial charge in [0.1, 0.15) is 0 Å². The summed E-state index contributed by atoms with van der Waals surface area (Å²) < 4.78 is 0. The van der Waals surface area contributed by atoms with E-state index in [0.29, 0.717) is 11.6 Å². The van der Waals surface area contributed by atoms with Gasteiger partial charge in [0.25, 0.3) is 11.8 Å². The van der Waals surface area contributed by atoms with Gasteiger partial charge >= 0.3 is 6.09 Å². The predicted octanol–water partition coefficient (Wildman–Crippen LogP) is 0.845. The van der Waals surface area contributed by atoms with Crippen LogP contribution in [0.4, 0.5) is 4.79 Å². The molecular weight excluding hydrogens is 248 g/mol. The summed E-state index contributed by atoms with van der Waals surface area (Å²) in [6.07, 6.45) is 4.87. The highest BCUT2D eigenvalue weighted by Crippen LogP contribution is 2.52. The van der Waals surface area contributed by atoms with Gasteiger partial charge in [-0.25, -0.2) is 4.79 Å². The van der Waals surface area contributed by atoms with Crippen molar-refractivity contribution in [2.24, 2.45) is 23.7 Å². The number of hydrogen-bond donors (Lipinski definition) is 1. The Balaban J connectivity index is 1.70. The first-order chi connectivity index (χ1) is 9.13. The Kier molecular flexibility index (Phi) is 2.80. The number of nitrogens with one attached hydrogen (secondary N) is 1. The van der Waals surface area contributed by atoms with Crippen molar-refractivity contribution in [3.63, 3.8) is 0 Å². The van der Waals surface area contributed by atoms with Crippen LogP contribution in [-0.4, -0.2) is 29.5 Å². The highest BCUT2D eigenvalue weighted by molar-refractivity contribution is 6.06. The zero-order valence-corrected chi connectivity index (χ0v) is 10.7. The summed E-state index contributed by atoms with van der Waals surface area (Å²) in [4.78, 5) is 40.6. The second-order valence-corrected chi connectivity index (χ2v) is 5.28. The molecule has 1 N–H and O–H groups in total. The second kappa shape index (κ2) is 4.36. The van der Waals surface area contributed by atoms with Gasteiger partial charge in [0.2, 0.25) is 0 Å². The van der Waals surface area contributed by atoms with Crippen LogP contribution in [0.15, 0.2) is 12.2 Å².